The topological polar surface area (TPSA) is 125 Å². The number of piperidine rings is 1. The summed E-state index contributed by atoms with van der Waals surface area (Å²) in [6.07, 6.45) is 5.90. The molecule has 1 aliphatic rings. The van der Waals surface area contributed by atoms with Crippen LogP contribution in [-0.2, 0) is 0 Å². The molecule has 0 radical (unpaired) electrons. The van der Waals surface area contributed by atoms with Crippen LogP contribution < -0.4 is 10.2 Å². The summed E-state index contributed by atoms with van der Waals surface area (Å²) in [4.78, 5) is 23.3. The first-order valence-corrected chi connectivity index (χ1v) is 11.4. The average molecular weight is 468 g/mol. The van der Waals surface area contributed by atoms with Crippen molar-refractivity contribution in [2.75, 3.05) is 23.3 Å². The molecule has 0 aromatic carbocycles. The molecule has 5 heterocycles. The van der Waals surface area contributed by atoms with E-state index in [1.54, 1.807) is 29.2 Å². The van der Waals surface area contributed by atoms with E-state index in [4.69, 9.17) is 10.4 Å². The maximum Gasteiger partial charge on any atom is 0.165 e. The lowest BCUT2D eigenvalue weighted by Gasteiger charge is -2.45. The summed E-state index contributed by atoms with van der Waals surface area (Å²) in [5.41, 5.74) is 2.90. The number of ketones is 1. The molecule has 1 fully saturated rings. The average Bonchev–Trinajstić information content (AvgIpc) is 3.30. The molecular formula is C25H25N9O. The van der Waals surface area contributed by atoms with E-state index in [-0.39, 0.29) is 17.2 Å². The Hall–Kier alpha value is -4.39. The molecule has 35 heavy (non-hydrogen) atoms. The Morgan fingerprint density at radius 2 is 2.09 bits per heavy atom. The van der Waals surface area contributed by atoms with Crippen molar-refractivity contribution in [1.82, 2.24) is 29.8 Å². The predicted octanol–water partition coefficient (Wildman–Crippen LogP) is 3.37. The summed E-state index contributed by atoms with van der Waals surface area (Å²) in [7, 11) is 0. The van der Waals surface area contributed by atoms with E-state index in [1.165, 1.54) is 6.92 Å². The largest absolute Gasteiger partial charge is 0.366 e. The van der Waals surface area contributed by atoms with Crippen LogP contribution in [0, 0.1) is 16.7 Å². The third kappa shape index (κ3) is 4.28. The molecule has 5 rings (SSSR count). The quantitative estimate of drug-likeness (QED) is 0.440. The minimum Gasteiger partial charge on any atom is -0.366 e. The zero-order valence-corrected chi connectivity index (χ0v) is 19.8. The highest BCUT2D eigenvalue weighted by atomic mass is 16.1. The molecule has 0 saturated carbocycles. The second kappa shape index (κ2) is 8.76. The molecule has 1 N–H and O–H groups in total. The molecule has 1 atom stereocenters. The van der Waals surface area contributed by atoms with E-state index in [2.05, 4.69) is 44.2 Å². The van der Waals surface area contributed by atoms with E-state index in [0.717, 1.165) is 36.6 Å². The lowest BCUT2D eigenvalue weighted by atomic mass is 9.79. The summed E-state index contributed by atoms with van der Waals surface area (Å²) in [6, 6.07) is 11.3. The zero-order chi connectivity index (χ0) is 24.6. The standard InChI is InChI=1S/C25H25N9O/c1-16(35)19-14-28-23-11-20(17-5-4-9-27-13-17)32-34(23)24(19)29-21-8-10-33(15-25(21,2)3)22-7-6-18(12-26)30-31-22/h4-7,9,11,13-14,21,29H,8,10,15H2,1-3H3/t21-/m1/s1. The van der Waals surface area contributed by atoms with Gasteiger partial charge >= 0.3 is 0 Å². The summed E-state index contributed by atoms with van der Waals surface area (Å²) in [5.74, 6) is 1.31. The van der Waals surface area contributed by atoms with Gasteiger partial charge in [0.2, 0.25) is 0 Å². The van der Waals surface area contributed by atoms with Gasteiger partial charge in [0.05, 0.1) is 11.3 Å². The third-order valence-electron chi connectivity index (χ3n) is 6.45. The number of fused-ring (bicyclic) bond motifs is 1. The van der Waals surface area contributed by atoms with Gasteiger partial charge in [0, 0.05) is 54.8 Å². The number of hydrogen-bond donors (Lipinski definition) is 1. The maximum absolute atomic E-state index is 12.5. The van der Waals surface area contributed by atoms with Crippen molar-refractivity contribution >= 4 is 23.1 Å². The Morgan fingerprint density at radius 1 is 1.23 bits per heavy atom. The van der Waals surface area contributed by atoms with Crippen LogP contribution >= 0.6 is 0 Å². The second-order valence-corrected chi connectivity index (χ2v) is 9.40. The molecule has 0 unspecified atom stereocenters. The number of rotatable bonds is 5. The van der Waals surface area contributed by atoms with Crippen LogP contribution in [0.5, 0.6) is 0 Å². The molecule has 176 valence electrons. The number of hydrogen-bond acceptors (Lipinski definition) is 9. The molecular weight excluding hydrogens is 442 g/mol. The van der Waals surface area contributed by atoms with E-state index in [1.807, 2.05) is 30.3 Å². The number of Topliss-reactive ketones (excluding diaryl/α,β-unsaturated/α-hetero) is 1. The van der Waals surface area contributed by atoms with Crippen LogP contribution in [0.2, 0.25) is 0 Å². The van der Waals surface area contributed by atoms with Crippen molar-refractivity contribution in [2.24, 2.45) is 5.41 Å². The van der Waals surface area contributed by atoms with Crippen LogP contribution in [-0.4, -0.2) is 54.7 Å². The Kier molecular flexibility index (Phi) is 5.61. The summed E-state index contributed by atoms with van der Waals surface area (Å²) >= 11 is 0. The third-order valence-corrected chi connectivity index (χ3v) is 6.45. The van der Waals surface area contributed by atoms with Crippen LogP contribution in [0.4, 0.5) is 11.6 Å². The van der Waals surface area contributed by atoms with Gasteiger partial charge in [0.25, 0.3) is 0 Å². The van der Waals surface area contributed by atoms with Gasteiger partial charge in [0.15, 0.2) is 22.9 Å². The highest BCUT2D eigenvalue weighted by Gasteiger charge is 2.37. The van der Waals surface area contributed by atoms with Crippen LogP contribution in [0.3, 0.4) is 0 Å². The van der Waals surface area contributed by atoms with Gasteiger partial charge in [-0.25, -0.2) is 4.98 Å². The van der Waals surface area contributed by atoms with Crippen LogP contribution in [0.1, 0.15) is 43.2 Å². The maximum atomic E-state index is 12.5. The van der Waals surface area contributed by atoms with Crippen molar-refractivity contribution in [3.63, 3.8) is 0 Å². The molecule has 0 aliphatic carbocycles. The Labute approximate surface area is 202 Å². The number of aromatic nitrogens is 6. The molecule has 10 nitrogen and oxygen atoms in total. The molecule has 4 aromatic heterocycles. The fourth-order valence-corrected chi connectivity index (χ4v) is 4.52. The lowest BCUT2D eigenvalue weighted by Crippen LogP contribution is -2.52. The van der Waals surface area contributed by atoms with Gasteiger partial charge in [-0.3, -0.25) is 9.78 Å². The van der Waals surface area contributed by atoms with E-state index >= 15 is 0 Å². The number of pyridine rings is 1. The number of carbonyl (C=O) groups excluding carboxylic acids is 1. The van der Waals surface area contributed by atoms with Gasteiger partial charge in [-0.05, 0) is 37.6 Å². The van der Waals surface area contributed by atoms with Gasteiger partial charge in [0.1, 0.15) is 11.9 Å². The second-order valence-electron chi connectivity index (χ2n) is 9.40. The van der Waals surface area contributed by atoms with Crippen molar-refractivity contribution < 1.29 is 4.79 Å². The van der Waals surface area contributed by atoms with E-state index in [9.17, 15) is 4.79 Å². The zero-order valence-electron chi connectivity index (χ0n) is 19.8. The van der Waals surface area contributed by atoms with Crippen molar-refractivity contribution in [3.05, 3.63) is 60.2 Å². The lowest BCUT2D eigenvalue weighted by molar-refractivity contribution is 0.101. The molecule has 0 amide bonds. The molecule has 10 heteroatoms. The summed E-state index contributed by atoms with van der Waals surface area (Å²) in [6.45, 7) is 7.39. The number of nitrogens with one attached hydrogen (secondary N) is 1. The monoisotopic (exact) mass is 467 g/mol. The minimum atomic E-state index is -0.170. The fraction of sp³-hybridized carbons (Fsp3) is 0.320. The first-order valence-electron chi connectivity index (χ1n) is 11.4. The van der Waals surface area contributed by atoms with Crippen LogP contribution in [0.15, 0.2) is 48.9 Å². The Morgan fingerprint density at radius 3 is 2.74 bits per heavy atom. The summed E-state index contributed by atoms with van der Waals surface area (Å²) < 4.78 is 1.72. The summed E-state index contributed by atoms with van der Waals surface area (Å²) in [5, 5.41) is 25.6. The van der Waals surface area contributed by atoms with E-state index in [0.29, 0.717) is 22.7 Å². The van der Waals surface area contributed by atoms with Crippen molar-refractivity contribution in [2.45, 2.75) is 33.2 Å². The number of anilines is 2. The SMILES string of the molecule is CC(=O)c1cnc2cc(-c3cccnc3)nn2c1N[C@@H]1CCN(c2ccc(C#N)nn2)CC1(C)C. The van der Waals surface area contributed by atoms with Gasteiger partial charge in [-0.15, -0.1) is 10.2 Å². The highest BCUT2D eigenvalue weighted by molar-refractivity contribution is 5.99. The fourth-order valence-electron chi connectivity index (χ4n) is 4.52. The molecule has 4 aromatic rings. The predicted molar refractivity (Wildman–Crippen MR) is 131 cm³/mol. The molecule has 1 aliphatic heterocycles. The van der Waals surface area contributed by atoms with Gasteiger partial charge in [-0.1, -0.05) is 13.8 Å². The van der Waals surface area contributed by atoms with Crippen LogP contribution in [0.25, 0.3) is 16.9 Å². The first kappa shape index (κ1) is 22.4. The van der Waals surface area contributed by atoms with E-state index < -0.39 is 0 Å². The Bertz CT molecular complexity index is 1420. The van der Waals surface area contributed by atoms with Gasteiger partial charge in [-0.2, -0.15) is 14.9 Å². The first-order chi connectivity index (χ1) is 16.9. The number of nitriles is 1. The molecule has 0 spiro atoms. The highest BCUT2D eigenvalue weighted by Crippen LogP contribution is 2.34. The van der Waals surface area contributed by atoms with Crippen molar-refractivity contribution in [1.29, 1.82) is 5.26 Å². The normalized spacial score (nSPS) is 17.2. The smallest absolute Gasteiger partial charge is 0.165 e. The minimum absolute atomic E-state index is 0.0693. The number of carbonyl (C=O) groups is 1. The number of nitrogens with zero attached hydrogens (tertiary/aromatic N) is 8. The van der Waals surface area contributed by atoms with Gasteiger partial charge < -0.3 is 10.2 Å². The molecule has 0 bridgehead atoms. The van der Waals surface area contributed by atoms with Crippen molar-refractivity contribution in [3.8, 4) is 17.3 Å². The molecule has 1 saturated heterocycles. The Balaban J connectivity index is 1.46.